The Bertz CT molecular complexity index is 661. The minimum atomic E-state index is 0.814. The molecule has 1 aliphatic rings. The minimum absolute atomic E-state index is 0.814. The summed E-state index contributed by atoms with van der Waals surface area (Å²) >= 11 is 6.30. The number of para-hydroxylation sites is 1. The molecule has 3 rings (SSSR count). The summed E-state index contributed by atoms with van der Waals surface area (Å²) < 4.78 is 2.05. The lowest BCUT2D eigenvalue weighted by atomic mass is 10.2. The third-order valence-corrected chi connectivity index (χ3v) is 4.52. The summed E-state index contributed by atoms with van der Waals surface area (Å²) in [6, 6.07) is 8.02. The molecule has 1 aromatic carbocycles. The normalized spacial score (nSPS) is 15.7. The van der Waals surface area contributed by atoms with E-state index in [0.717, 1.165) is 55.9 Å². The molecular formula is C17H23ClN6. The first kappa shape index (κ1) is 16.6. The van der Waals surface area contributed by atoms with Crippen molar-refractivity contribution in [2.24, 2.45) is 4.99 Å². The van der Waals surface area contributed by atoms with Crippen molar-refractivity contribution in [1.82, 2.24) is 19.8 Å². The van der Waals surface area contributed by atoms with Crippen LogP contribution in [0.2, 0.25) is 5.02 Å². The Morgan fingerprint density at radius 2 is 2.04 bits per heavy atom. The summed E-state index contributed by atoms with van der Waals surface area (Å²) in [5.41, 5.74) is 1.11. The number of benzene rings is 1. The number of nitrogens with one attached hydrogen (secondary N) is 1. The van der Waals surface area contributed by atoms with Crippen molar-refractivity contribution in [3.63, 3.8) is 0 Å². The summed E-state index contributed by atoms with van der Waals surface area (Å²) in [7, 11) is 1.83. The van der Waals surface area contributed by atoms with E-state index >= 15 is 0 Å². The van der Waals surface area contributed by atoms with Crippen LogP contribution in [-0.4, -0.2) is 60.2 Å². The highest BCUT2D eigenvalue weighted by atomic mass is 35.5. The lowest BCUT2D eigenvalue weighted by Gasteiger charge is -2.38. The van der Waals surface area contributed by atoms with Crippen molar-refractivity contribution in [2.45, 2.75) is 6.54 Å². The number of aliphatic imine (C=N–C) groups is 1. The van der Waals surface area contributed by atoms with Crippen LogP contribution >= 0.6 is 11.6 Å². The van der Waals surface area contributed by atoms with Gasteiger partial charge in [0.15, 0.2) is 5.96 Å². The van der Waals surface area contributed by atoms with Gasteiger partial charge in [0, 0.05) is 58.7 Å². The Morgan fingerprint density at radius 1 is 1.25 bits per heavy atom. The van der Waals surface area contributed by atoms with E-state index in [0.29, 0.717) is 0 Å². The first-order valence-electron chi connectivity index (χ1n) is 8.19. The molecule has 0 unspecified atom stereocenters. The van der Waals surface area contributed by atoms with E-state index in [9.17, 15) is 0 Å². The summed E-state index contributed by atoms with van der Waals surface area (Å²) in [6.45, 7) is 5.43. The summed E-state index contributed by atoms with van der Waals surface area (Å²) in [6.07, 6.45) is 5.59. The molecule has 0 spiro atoms. The molecule has 1 fully saturated rings. The number of aromatic nitrogens is 2. The molecule has 0 amide bonds. The van der Waals surface area contributed by atoms with Gasteiger partial charge in [-0.05, 0) is 12.1 Å². The fourth-order valence-corrected chi connectivity index (χ4v) is 3.17. The minimum Gasteiger partial charge on any atom is -0.367 e. The summed E-state index contributed by atoms with van der Waals surface area (Å²) in [5.74, 6) is 0.953. The van der Waals surface area contributed by atoms with E-state index in [1.54, 1.807) is 6.20 Å². The van der Waals surface area contributed by atoms with Crippen molar-refractivity contribution >= 4 is 23.2 Å². The Balaban J connectivity index is 1.50. The van der Waals surface area contributed by atoms with E-state index in [2.05, 4.69) is 35.7 Å². The van der Waals surface area contributed by atoms with Gasteiger partial charge in [-0.3, -0.25) is 4.99 Å². The zero-order chi connectivity index (χ0) is 16.8. The van der Waals surface area contributed by atoms with Crippen LogP contribution in [0.3, 0.4) is 0 Å². The average Bonchev–Trinajstić information content (AvgIpc) is 3.13. The van der Waals surface area contributed by atoms with Gasteiger partial charge in [0.25, 0.3) is 0 Å². The highest BCUT2D eigenvalue weighted by Gasteiger charge is 2.20. The molecule has 1 aliphatic heterocycles. The molecule has 0 saturated carbocycles. The van der Waals surface area contributed by atoms with Gasteiger partial charge in [0.2, 0.25) is 0 Å². The van der Waals surface area contributed by atoms with Crippen LogP contribution in [0.4, 0.5) is 5.69 Å². The van der Waals surface area contributed by atoms with Crippen LogP contribution in [0.25, 0.3) is 0 Å². The zero-order valence-electron chi connectivity index (χ0n) is 13.9. The van der Waals surface area contributed by atoms with E-state index in [-0.39, 0.29) is 0 Å². The maximum atomic E-state index is 6.30. The Morgan fingerprint density at radius 3 is 2.71 bits per heavy atom. The summed E-state index contributed by atoms with van der Waals surface area (Å²) in [4.78, 5) is 13.1. The number of anilines is 1. The molecule has 128 valence electrons. The first-order valence-corrected chi connectivity index (χ1v) is 8.56. The molecule has 1 aromatic heterocycles. The van der Waals surface area contributed by atoms with Gasteiger partial charge in [0.05, 0.1) is 17.0 Å². The van der Waals surface area contributed by atoms with Gasteiger partial charge in [-0.1, -0.05) is 23.7 Å². The number of hydrogen-bond donors (Lipinski definition) is 1. The number of guanidine groups is 1. The number of rotatable bonds is 4. The Kier molecular flexibility index (Phi) is 5.59. The molecule has 1 saturated heterocycles. The second-order valence-electron chi connectivity index (χ2n) is 5.70. The third kappa shape index (κ3) is 4.00. The molecule has 2 heterocycles. The first-order chi connectivity index (χ1) is 11.8. The van der Waals surface area contributed by atoms with Crippen molar-refractivity contribution < 1.29 is 0 Å². The van der Waals surface area contributed by atoms with Gasteiger partial charge in [-0.2, -0.15) is 0 Å². The van der Waals surface area contributed by atoms with Crippen molar-refractivity contribution in [3.8, 4) is 0 Å². The Hall–Kier alpha value is -2.21. The quantitative estimate of drug-likeness (QED) is 0.679. The predicted octanol–water partition coefficient (Wildman–Crippen LogP) is 1.93. The molecule has 6 nitrogen and oxygen atoms in total. The number of imidazole rings is 1. The van der Waals surface area contributed by atoms with Crippen LogP contribution in [0.5, 0.6) is 0 Å². The molecule has 24 heavy (non-hydrogen) atoms. The van der Waals surface area contributed by atoms with Crippen molar-refractivity contribution in [3.05, 3.63) is 48.0 Å². The zero-order valence-corrected chi connectivity index (χ0v) is 14.7. The van der Waals surface area contributed by atoms with Crippen molar-refractivity contribution in [1.29, 1.82) is 0 Å². The highest BCUT2D eigenvalue weighted by Crippen LogP contribution is 2.25. The van der Waals surface area contributed by atoms with Crippen LogP contribution in [0.1, 0.15) is 0 Å². The van der Waals surface area contributed by atoms with Crippen LogP contribution < -0.4 is 10.2 Å². The van der Waals surface area contributed by atoms with E-state index in [4.69, 9.17) is 11.6 Å². The second kappa shape index (κ2) is 8.06. The van der Waals surface area contributed by atoms with E-state index in [1.807, 2.05) is 37.8 Å². The lowest BCUT2D eigenvalue weighted by molar-refractivity contribution is 0.372. The third-order valence-electron chi connectivity index (χ3n) is 4.20. The van der Waals surface area contributed by atoms with Crippen LogP contribution in [0, 0.1) is 0 Å². The molecule has 1 N–H and O–H groups in total. The molecule has 0 bridgehead atoms. The lowest BCUT2D eigenvalue weighted by Crippen LogP contribution is -2.53. The standard InChI is InChI=1S/C17H23ClN6/c1-19-17(21-7-9-22-8-6-20-14-22)24-12-10-23(11-13-24)16-5-3-2-4-15(16)18/h2-6,8,14H,7,9-13H2,1H3,(H,19,21). The molecule has 0 radical (unpaired) electrons. The Labute approximate surface area is 147 Å². The number of hydrogen-bond acceptors (Lipinski definition) is 3. The highest BCUT2D eigenvalue weighted by molar-refractivity contribution is 6.33. The predicted molar refractivity (Wildman–Crippen MR) is 98.8 cm³/mol. The molecule has 2 aromatic rings. The van der Waals surface area contributed by atoms with E-state index < -0.39 is 0 Å². The van der Waals surface area contributed by atoms with Gasteiger partial charge in [0.1, 0.15) is 0 Å². The molecule has 0 aliphatic carbocycles. The average molecular weight is 347 g/mol. The molecule has 7 heteroatoms. The number of piperazine rings is 1. The van der Waals surface area contributed by atoms with E-state index in [1.165, 1.54) is 0 Å². The fraction of sp³-hybridized carbons (Fsp3) is 0.412. The van der Waals surface area contributed by atoms with Gasteiger partial charge in [-0.15, -0.1) is 0 Å². The van der Waals surface area contributed by atoms with Crippen molar-refractivity contribution in [2.75, 3.05) is 44.7 Å². The van der Waals surface area contributed by atoms with Gasteiger partial charge < -0.3 is 19.7 Å². The molecule has 0 atom stereocenters. The monoisotopic (exact) mass is 346 g/mol. The van der Waals surface area contributed by atoms with Gasteiger partial charge >= 0.3 is 0 Å². The largest absolute Gasteiger partial charge is 0.367 e. The van der Waals surface area contributed by atoms with Gasteiger partial charge in [-0.25, -0.2) is 4.98 Å². The number of halogens is 1. The fourth-order valence-electron chi connectivity index (χ4n) is 2.92. The SMILES string of the molecule is CN=C(NCCn1ccnc1)N1CCN(c2ccccc2Cl)CC1. The smallest absolute Gasteiger partial charge is 0.193 e. The second-order valence-corrected chi connectivity index (χ2v) is 6.11. The van der Waals surface area contributed by atoms with Crippen LogP contribution in [0.15, 0.2) is 48.0 Å². The number of nitrogens with zero attached hydrogens (tertiary/aromatic N) is 5. The van der Waals surface area contributed by atoms with Crippen LogP contribution in [-0.2, 0) is 6.54 Å². The summed E-state index contributed by atoms with van der Waals surface area (Å²) in [5, 5.41) is 4.24. The maximum Gasteiger partial charge on any atom is 0.193 e. The topological polar surface area (TPSA) is 48.7 Å². The molecular weight excluding hydrogens is 324 g/mol. The maximum absolute atomic E-state index is 6.30.